The number of nitrogens with zero attached hydrogens (tertiary/aromatic N) is 2. The Kier molecular flexibility index (Phi) is 5.06. The number of benzene rings is 2. The minimum Gasteiger partial charge on any atom is -0.302 e. The van der Waals surface area contributed by atoms with E-state index in [2.05, 4.69) is 31.0 Å². The van der Waals surface area contributed by atoms with Gasteiger partial charge in [0.2, 0.25) is 0 Å². The lowest BCUT2D eigenvalue weighted by molar-refractivity contribution is 0.337. The Morgan fingerprint density at radius 1 is 1.19 bits per heavy atom. The molecule has 1 aromatic heterocycles. The molecule has 0 saturated carbocycles. The maximum absolute atomic E-state index is 9.97. The van der Waals surface area contributed by atoms with Crippen LogP contribution in [0.25, 0.3) is 21.2 Å². The number of thiophene rings is 1. The third kappa shape index (κ3) is 3.19. The van der Waals surface area contributed by atoms with Crippen LogP contribution >= 0.6 is 22.9 Å². The Morgan fingerprint density at radius 3 is 2.67 bits per heavy atom. The maximum Gasteiger partial charge on any atom is 0.100 e. The highest BCUT2D eigenvalue weighted by Gasteiger charge is 2.24. The zero-order valence-electron chi connectivity index (χ0n) is 15.6. The molecule has 0 amide bonds. The number of halogens is 1. The van der Waals surface area contributed by atoms with E-state index in [4.69, 9.17) is 11.6 Å². The standard InChI is InChI=1S/C23H21ClN2S/c1-3-16(18(13-25)15-7-5-4-6-8-15)23-19-14-26(2)12-11-17-20(24)9-10-21(27-23)22(17)19/h4-10H,3,11-12,14H2,1-2H3. The lowest BCUT2D eigenvalue weighted by Crippen LogP contribution is -2.19. The van der Waals surface area contributed by atoms with Crippen molar-refractivity contribution < 1.29 is 0 Å². The number of likely N-dealkylation sites (N-methyl/N-ethyl adjacent to an activating group) is 1. The molecule has 0 saturated heterocycles. The first-order valence-electron chi connectivity index (χ1n) is 9.24. The SMILES string of the molecule is CCC(=C(C#N)c1ccccc1)c1sc2ccc(Cl)c3c2c1CN(C)CC3. The van der Waals surface area contributed by atoms with Crippen molar-refractivity contribution in [1.29, 1.82) is 5.26 Å². The Labute approximate surface area is 169 Å². The molecule has 27 heavy (non-hydrogen) atoms. The molecule has 1 aliphatic heterocycles. The van der Waals surface area contributed by atoms with E-state index in [1.807, 2.05) is 36.4 Å². The van der Waals surface area contributed by atoms with Crippen LogP contribution in [0.4, 0.5) is 0 Å². The molecule has 1 aliphatic rings. The summed E-state index contributed by atoms with van der Waals surface area (Å²) in [4.78, 5) is 3.59. The van der Waals surface area contributed by atoms with Crippen molar-refractivity contribution in [3.8, 4) is 6.07 Å². The zero-order chi connectivity index (χ0) is 19.0. The number of hydrogen-bond acceptors (Lipinski definition) is 3. The first kappa shape index (κ1) is 18.3. The molecule has 0 spiro atoms. The topological polar surface area (TPSA) is 27.0 Å². The van der Waals surface area contributed by atoms with E-state index >= 15 is 0 Å². The summed E-state index contributed by atoms with van der Waals surface area (Å²) < 4.78 is 1.27. The van der Waals surface area contributed by atoms with Crippen LogP contribution < -0.4 is 0 Å². The first-order chi connectivity index (χ1) is 13.1. The molecule has 0 radical (unpaired) electrons. The van der Waals surface area contributed by atoms with Crippen LogP contribution in [0.3, 0.4) is 0 Å². The van der Waals surface area contributed by atoms with Crippen LogP contribution in [0.5, 0.6) is 0 Å². The van der Waals surface area contributed by atoms with Crippen molar-refractivity contribution in [2.45, 2.75) is 26.3 Å². The number of allylic oxidation sites excluding steroid dienone is 2. The number of nitriles is 1. The van der Waals surface area contributed by atoms with Gasteiger partial charge in [-0.3, -0.25) is 0 Å². The third-order valence-corrected chi connectivity index (χ3v) is 6.89. The molecule has 136 valence electrons. The maximum atomic E-state index is 9.97. The van der Waals surface area contributed by atoms with E-state index in [0.717, 1.165) is 47.7 Å². The van der Waals surface area contributed by atoms with Crippen LogP contribution in [-0.2, 0) is 13.0 Å². The van der Waals surface area contributed by atoms with Gasteiger partial charge in [-0.15, -0.1) is 11.3 Å². The summed E-state index contributed by atoms with van der Waals surface area (Å²) in [5, 5.41) is 12.1. The van der Waals surface area contributed by atoms with E-state index in [9.17, 15) is 5.26 Å². The second-order valence-corrected chi connectivity index (χ2v) is 8.44. The average molecular weight is 393 g/mol. The molecule has 0 bridgehead atoms. The van der Waals surface area contributed by atoms with Crippen molar-refractivity contribution in [2.75, 3.05) is 13.6 Å². The summed E-state index contributed by atoms with van der Waals surface area (Å²) in [7, 11) is 2.16. The average Bonchev–Trinajstić information content (AvgIpc) is 2.93. The van der Waals surface area contributed by atoms with Gasteiger partial charge in [-0.2, -0.15) is 5.26 Å². The monoisotopic (exact) mass is 392 g/mol. The largest absolute Gasteiger partial charge is 0.302 e. The molecule has 2 nitrogen and oxygen atoms in total. The fourth-order valence-corrected chi connectivity index (χ4v) is 5.57. The van der Waals surface area contributed by atoms with Crippen LogP contribution in [-0.4, -0.2) is 18.5 Å². The third-order valence-electron chi connectivity index (χ3n) is 5.28. The zero-order valence-corrected chi connectivity index (χ0v) is 17.1. The number of rotatable bonds is 3. The summed E-state index contributed by atoms with van der Waals surface area (Å²) in [5.74, 6) is 0. The molecule has 4 heteroatoms. The Hall–Kier alpha value is -2.12. The molecule has 0 unspecified atom stereocenters. The van der Waals surface area contributed by atoms with Crippen LogP contribution in [0.15, 0.2) is 42.5 Å². The van der Waals surface area contributed by atoms with E-state index < -0.39 is 0 Å². The van der Waals surface area contributed by atoms with Gasteiger partial charge in [0.1, 0.15) is 6.07 Å². The van der Waals surface area contributed by atoms with Gasteiger partial charge in [-0.25, -0.2) is 0 Å². The molecular formula is C23H21ClN2S. The molecule has 0 N–H and O–H groups in total. The van der Waals surface area contributed by atoms with E-state index in [-0.39, 0.29) is 0 Å². The van der Waals surface area contributed by atoms with Gasteiger partial charge < -0.3 is 4.90 Å². The van der Waals surface area contributed by atoms with Crippen molar-refractivity contribution in [3.63, 3.8) is 0 Å². The minimum absolute atomic E-state index is 0.778. The molecular weight excluding hydrogens is 372 g/mol. The Morgan fingerprint density at radius 2 is 1.96 bits per heavy atom. The van der Waals surface area contributed by atoms with Gasteiger partial charge in [0.15, 0.2) is 0 Å². The molecule has 4 rings (SSSR count). The first-order valence-corrected chi connectivity index (χ1v) is 10.4. The summed E-state index contributed by atoms with van der Waals surface area (Å²) in [5.41, 5.74) is 5.48. The fraction of sp³-hybridized carbons (Fsp3) is 0.261. The summed E-state index contributed by atoms with van der Waals surface area (Å²) in [6.07, 6.45) is 1.79. The second kappa shape index (κ2) is 7.48. The number of hydrogen-bond donors (Lipinski definition) is 0. The smallest absolute Gasteiger partial charge is 0.100 e. The van der Waals surface area contributed by atoms with Gasteiger partial charge in [-0.1, -0.05) is 48.9 Å². The quantitative estimate of drug-likeness (QED) is 0.483. The molecule has 2 heterocycles. The molecule has 0 atom stereocenters. The van der Waals surface area contributed by atoms with Gasteiger partial charge in [0.05, 0.1) is 5.57 Å². The Balaban J connectivity index is 2.03. The minimum atomic E-state index is 0.778. The lowest BCUT2D eigenvalue weighted by Gasteiger charge is -2.15. The highest BCUT2D eigenvalue weighted by molar-refractivity contribution is 7.20. The predicted molar refractivity (Wildman–Crippen MR) is 116 cm³/mol. The van der Waals surface area contributed by atoms with Crippen LogP contribution in [0, 0.1) is 11.3 Å². The summed E-state index contributed by atoms with van der Waals surface area (Å²) >= 11 is 8.36. The van der Waals surface area contributed by atoms with Crippen molar-refractivity contribution in [1.82, 2.24) is 4.90 Å². The highest BCUT2D eigenvalue weighted by Crippen LogP contribution is 2.44. The van der Waals surface area contributed by atoms with Crippen LogP contribution in [0.2, 0.25) is 5.02 Å². The molecule has 3 aromatic rings. The Bertz CT molecular complexity index is 1070. The van der Waals surface area contributed by atoms with Gasteiger partial charge in [-0.05, 0) is 54.3 Å². The summed E-state index contributed by atoms with van der Waals surface area (Å²) in [6, 6.07) is 16.6. The van der Waals surface area contributed by atoms with Crippen molar-refractivity contribution >= 4 is 44.2 Å². The summed E-state index contributed by atoms with van der Waals surface area (Å²) in [6.45, 7) is 4.02. The van der Waals surface area contributed by atoms with Gasteiger partial charge in [0, 0.05) is 33.1 Å². The van der Waals surface area contributed by atoms with Crippen molar-refractivity contribution in [3.05, 3.63) is 69.1 Å². The van der Waals surface area contributed by atoms with E-state index in [1.54, 1.807) is 11.3 Å². The van der Waals surface area contributed by atoms with Crippen molar-refractivity contribution in [2.24, 2.45) is 0 Å². The normalized spacial score (nSPS) is 15.3. The van der Waals surface area contributed by atoms with Gasteiger partial charge >= 0.3 is 0 Å². The van der Waals surface area contributed by atoms with E-state index in [0.29, 0.717) is 0 Å². The predicted octanol–water partition coefficient (Wildman–Crippen LogP) is 6.39. The lowest BCUT2D eigenvalue weighted by atomic mass is 9.94. The van der Waals surface area contributed by atoms with E-state index in [1.165, 1.54) is 26.1 Å². The fourth-order valence-electron chi connectivity index (χ4n) is 3.95. The molecule has 0 aliphatic carbocycles. The molecule has 2 aromatic carbocycles. The second-order valence-electron chi connectivity index (χ2n) is 6.98. The van der Waals surface area contributed by atoms with Gasteiger partial charge in [0.25, 0.3) is 0 Å². The highest BCUT2D eigenvalue weighted by atomic mass is 35.5. The van der Waals surface area contributed by atoms with Crippen LogP contribution in [0.1, 0.15) is 34.9 Å². The molecule has 0 fully saturated rings.